The Kier molecular flexibility index (Phi) is 33.4. The quantitative estimate of drug-likeness (QED) is 0.0202. The third kappa shape index (κ3) is 28.9. The summed E-state index contributed by atoms with van der Waals surface area (Å²) in [5, 5.41) is 30.6. The summed E-state index contributed by atoms with van der Waals surface area (Å²) in [4.78, 5) is 12.8. The summed E-state index contributed by atoms with van der Waals surface area (Å²) in [5.41, 5.74) is 0. The zero-order valence-corrected chi connectivity index (χ0v) is 35.8. The molecule has 0 radical (unpaired) electrons. The Labute approximate surface area is 340 Å². The zero-order valence-electron chi connectivity index (χ0n) is 34.9. The molecule has 1 aliphatic rings. The third-order valence-electron chi connectivity index (χ3n) is 10.1. The molecule has 1 fully saturated rings. The highest BCUT2D eigenvalue weighted by atomic mass is 32.3. The number of unbranched alkanes of at least 4 members (excludes halogenated alkanes) is 21. The molecule has 0 spiro atoms. The fourth-order valence-corrected chi connectivity index (χ4v) is 7.21. The van der Waals surface area contributed by atoms with Crippen LogP contribution in [0.4, 0.5) is 0 Å². The van der Waals surface area contributed by atoms with Crippen LogP contribution in [0.25, 0.3) is 0 Å². The lowest BCUT2D eigenvalue weighted by atomic mass is 9.99. The standard InChI is InChI=1S/C43H80O12S/c1-3-5-7-9-11-13-15-17-18-19-20-21-22-24-26-28-30-32-39(45)53-37(35-51-33-31-29-27-25-23-16-14-12-10-8-6-4-2)36-52-43-41(47)42(55-56(48,49)50)40(46)38(34-44)54-43/h11,13,17-18,37-38,40-44,46-47H,3-10,12,14-16,19-36H2,1-2H3,(H,48,49,50)/b13-11-,18-17-. The van der Waals surface area contributed by atoms with Crippen LogP contribution in [-0.4, -0.2) is 97.5 Å². The molecule has 1 heterocycles. The SMILES string of the molecule is CCCCC/C=C\C/C=C\CCCCCCCCCC(=O)OC(COCCCCCCCCCCCCCC)COC1OC(CO)C(O)C(OS(=O)(=O)O)C1O. The van der Waals surface area contributed by atoms with Gasteiger partial charge in [-0.25, -0.2) is 4.18 Å². The fraction of sp³-hybridized carbons (Fsp3) is 0.884. The van der Waals surface area contributed by atoms with E-state index in [2.05, 4.69) is 42.3 Å². The lowest BCUT2D eigenvalue weighted by Crippen LogP contribution is -2.60. The summed E-state index contributed by atoms with van der Waals surface area (Å²) >= 11 is 0. The van der Waals surface area contributed by atoms with Crippen molar-refractivity contribution in [1.29, 1.82) is 0 Å². The Morgan fingerprint density at radius 1 is 0.679 bits per heavy atom. The highest BCUT2D eigenvalue weighted by molar-refractivity contribution is 7.80. The summed E-state index contributed by atoms with van der Waals surface area (Å²) in [6, 6.07) is 0. The molecule has 1 aliphatic heterocycles. The molecule has 12 nitrogen and oxygen atoms in total. The molecule has 0 aliphatic carbocycles. The molecular weight excluding hydrogens is 741 g/mol. The number of hydrogen-bond donors (Lipinski definition) is 4. The van der Waals surface area contributed by atoms with Gasteiger partial charge in [0.05, 0.1) is 19.8 Å². The number of hydrogen-bond acceptors (Lipinski definition) is 11. The lowest BCUT2D eigenvalue weighted by Gasteiger charge is -2.41. The van der Waals surface area contributed by atoms with Crippen LogP contribution in [0, 0.1) is 0 Å². The lowest BCUT2D eigenvalue weighted by molar-refractivity contribution is -0.301. The predicted octanol–water partition coefficient (Wildman–Crippen LogP) is 8.85. The summed E-state index contributed by atoms with van der Waals surface area (Å²) in [7, 11) is -5.06. The minimum Gasteiger partial charge on any atom is -0.457 e. The molecular formula is C43H80O12S. The van der Waals surface area contributed by atoms with E-state index < -0.39 is 59.8 Å². The monoisotopic (exact) mass is 821 g/mol. The second-order valence-electron chi connectivity index (χ2n) is 15.3. The smallest absolute Gasteiger partial charge is 0.397 e. The summed E-state index contributed by atoms with van der Waals surface area (Å²) in [6.45, 7) is 3.96. The van der Waals surface area contributed by atoms with Gasteiger partial charge in [0.15, 0.2) is 6.29 Å². The molecule has 4 N–H and O–H groups in total. The number of aliphatic hydroxyl groups excluding tert-OH is 3. The van der Waals surface area contributed by atoms with Crippen LogP contribution >= 0.6 is 0 Å². The molecule has 0 aromatic carbocycles. The number of carbonyl (C=O) groups is 1. The van der Waals surface area contributed by atoms with E-state index in [-0.39, 0.29) is 19.6 Å². The fourth-order valence-electron chi connectivity index (χ4n) is 6.70. The molecule has 330 valence electrons. The van der Waals surface area contributed by atoms with E-state index in [1.807, 2.05) is 0 Å². The van der Waals surface area contributed by atoms with Crippen molar-refractivity contribution in [2.24, 2.45) is 0 Å². The van der Waals surface area contributed by atoms with Crippen molar-refractivity contribution < 1.29 is 56.2 Å². The highest BCUT2D eigenvalue weighted by Gasteiger charge is 2.48. The van der Waals surface area contributed by atoms with Gasteiger partial charge >= 0.3 is 16.4 Å². The Morgan fingerprint density at radius 2 is 1.18 bits per heavy atom. The van der Waals surface area contributed by atoms with Crippen molar-refractivity contribution in [1.82, 2.24) is 0 Å². The number of ether oxygens (including phenoxy) is 4. The number of allylic oxidation sites excluding steroid dienone is 4. The average molecular weight is 821 g/mol. The first kappa shape index (κ1) is 52.6. The predicted molar refractivity (Wildman–Crippen MR) is 221 cm³/mol. The molecule has 6 atom stereocenters. The van der Waals surface area contributed by atoms with E-state index in [1.165, 1.54) is 103 Å². The Hall–Kier alpha value is -1.42. The van der Waals surface area contributed by atoms with E-state index in [4.69, 9.17) is 23.5 Å². The Bertz CT molecular complexity index is 1080. The highest BCUT2D eigenvalue weighted by Crippen LogP contribution is 2.26. The molecule has 0 aromatic rings. The summed E-state index contributed by atoms with van der Waals surface area (Å²) < 4.78 is 59.0. The normalized spacial score (nSPS) is 21.0. The second kappa shape index (κ2) is 35.5. The Balaban J connectivity index is 2.44. The maximum absolute atomic E-state index is 12.8. The van der Waals surface area contributed by atoms with Gasteiger partial charge in [0, 0.05) is 13.0 Å². The molecule has 0 saturated carbocycles. The van der Waals surface area contributed by atoms with Crippen LogP contribution in [0.2, 0.25) is 0 Å². The van der Waals surface area contributed by atoms with Gasteiger partial charge in [0.2, 0.25) is 0 Å². The minimum atomic E-state index is -5.06. The van der Waals surface area contributed by atoms with Crippen LogP contribution < -0.4 is 0 Å². The molecule has 56 heavy (non-hydrogen) atoms. The van der Waals surface area contributed by atoms with E-state index in [1.54, 1.807) is 0 Å². The number of carbonyl (C=O) groups excluding carboxylic acids is 1. The molecule has 0 amide bonds. The van der Waals surface area contributed by atoms with Crippen LogP contribution in [0.3, 0.4) is 0 Å². The maximum Gasteiger partial charge on any atom is 0.397 e. The van der Waals surface area contributed by atoms with Crippen molar-refractivity contribution in [3.8, 4) is 0 Å². The van der Waals surface area contributed by atoms with E-state index in [9.17, 15) is 28.5 Å². The first-order chi connectivity index (χ1) is 27.1. The van der Waals surface area contributed by atoms with Gasteiger partial charge < -0.3 is 34.3 Å². The van der Waals surface area contributed by atoms with Crippen molar-refractivity contribution in [3.05, 3.63) is 24.3 Å². The summed E-state index contributed by atoms with van der Waals surface area (Å²) in [5.74, 6) is -0.406. The maximum atomic E-state index is 12.8. The van der Waals surface area contributed by atoms with Crippen LogP contribution in [0.15, 0.2) is 24.3 Å². The van der Waals surface area contributed by atoms with Gasteiger partial charge in [-0.15, -0.1) is 0 Å². The molecule has 0 aromatic heterocycles. The van der Waals surface area contributed by atoms with E-state index in [0.29, 0.717) is 13.0 Å². The van der Waals surface area contributed by atoms with Crippen LogP contribution in [-0.2, 0) is 38.3 Å². The zero-order chi connectivity index (χ0) is 41.1. The number of rotatable bonds is 38. The topological polar surface area (TPSA) is 178 Å². The largest absolute Gasteiger partial charge is 0.457 e. The molecule has 6 unspecified atom stereocenters. The van der Waals surface area contributed by atoms with Gasteiger partial charge in [0.25, 0.3) is 0 Å². The average Bonchev–Trinajstić information content (AvgIpc) is 3.17. The Morgan fingerprint density at radius 3 is 1.73 bits per heavy atom. The van der Waals surface area contributed by atoms with Gasteiger partial charge in [-0.1, -0.05) is 154 Å². The van der Waals surface area contributed by atoms with Crippen LogP contribution in [0.5, 0.6) is 0 Å². The van der Waals surface area contributed by atoms with Gasteiger partial charge in [-0.3, -0.25) is 9.35 Å². The second-order valence-corrected chi connectivity index (χ2v) is 16.3. The minimum absolute atomic E-state index is 0.0362. The molecule has 13 heteroatoms. The van der Waals surface area contributed by atoms with Crippen molar-refractivity contribution in [3.63, 3.8) is 0 Å². The third-order valence-corrected chi connectivity index (χ3v) is 10.5. The van der Waals surface area contributed by atoms with E-state index >= 15 is 0 Å². The van der Waals surface area contributed by atoms with Gasteiger partial charge in [-0.2, -0.15) is 8.42 Å². The van der Waals surface area contributed by atoms with E-state index in [0.717, 1.165) is 51.4 Å². The molecule has 0 bridgehead atoms. The van der Waals surface area contributed by atoms with Gasteiger partial charge in [0.1, 0.15) is 30.5 Å². The van der Waals surface area contributed by atoms with Crippen LogP contribution in [0.1, 0.15) is 181 Å². The first-order valence-corrected chi connectivity index (χ1v) is 23.5. The summed E-state index contributed by atoms with van der Waals surface area (Å²) in [6.07, 6.45) is 29.2. The van der Waals surface area contributed by atoms with Crippen molar-refractivity contribution in [2.75, 3.05) is 26.4 Å². The van der Waals surface area contributed by atoms with Gasteiger partial charge in [-0.05, 0) is 44.9 Å². The number of esters is 1. The van der Waals surface area contributed by atoms with Crippen molar-refractivity contribution in [2.45, 2.75) is 218 Å². The molecule has 1 rings (SSSR count). The first-order valence-electron chi connectivity index (χ1n) is 22.1. The van der Waals surface area contributed by atoms with Crippen molar-refractivity contribution >= 4 is 16.4 Å². The number of aliphatic hydroxyl groups is 3. The molecule has 1 saturated heterocycles.